The number of benzene rings is 1. The number of nitrogens with zero attached hydrogens (tertiary/aromatic N) is 2. The lowest BCUT2D eigenvalue weighted by Gasteiger charge is -2.11. The molecule has 1 aromatic carbocycles. The van der Waals surface area contributed by atoms with Gasteiger partial charge in [0, 0.05) is 37.1 Å². The molecule has 0 atom stereocenters. The Labute approximate surface area is 139 Å². The highest BCUT2D eigenvalue weighted by atomic mass is 127. The predicted octanol–water partition coefficient (Wildman–Crippen LogP) is 3.55. The molecule has 21 heavy (non-hydrogen) atoms. The van der Waals surface area contributed by atoms with E-state index in [1.54, 1.807) is 6.20 Å². The maximum Gasteiger partial charge on any atom is 0.227 e. The summed E-state index contributed by atoms with van der Waals surface area (Å²) in [6.45, 7) is 2.56. The van der Waals surface area contributed by atoms with Crippen molar-refractivity contribution in [2.24, 2.45) is 0 Å². The Morgan fingerprint density at radius 3 is 2.38 bits per heavy atom. The third-order valence-electron chi connectivity index (χ3n) is 2.82. The molecule has 0 aliphatic heterocycles. The van der Waals surface area contributed by atoms with E-state index in [0.29, 0.717) is 12.5 Å². The Hall–Kier alpha value is -1.74. The summed E-state index contributed by atoms with van der Waals surface area (Å²) in [6.07, 6.45) is 1.74. The molecule has 108 valence electrons. The fourth-order valence-corrected chi connectivity index (χ4v) is 2.35. The van der Waals surface area contributed by atoms with Crippen molar-refractivity contribution in [1.29, 1.82) is 0 Å². The van der Waals surface area contributed by atoms with Crippen molar-refractivity contribution in [3.63, 3.8) is 0 Å². The van der Waals surface area contributed by atoms with Crippen LogP contribution in [0.3, 0.4) is 0 Å². The van der Waals surface area contributed by atoms with Crippen LogP contribution in [-0.2, 0) is 0 Å². The maximum absolute atomic E-state index is 5.42. The molecule has 0 saturated carbocycles. The normalized spacial score (nSPS) is 9.71. The average molecular weight is 392 g/mol. The second-order valence-electron chi connectivity index (χ2n) is 4.64. The maximum atomic E-state index is 5.42. The summed E-state index contributed by atoms with van der Waals surface area (Å²) in [7, 11) is 4.04. The molecule has 0 aliphatic rings. The second-order valence-corrected chi connectivity index (χ2v) is 5.80. The molecule has 3 nitrogen and oxygen atoms in total. The summed E-state index contributed by atoms with van der Waals surface area (Å²) in [6, 6.07) is 10.2. The van der Waals surface area contributed by atoms with Gasteiger partial charge in [0.1, 0.15) is 0 Å². The van der Waals surface area contributed by atoms with Crippen LogP contribution < -0.4 is 9.64 Å². The van der Waals surface area contributed by atoms with Gasteiger partial charge in [-0.05, 0) is 59.8 Å². The highest BCUT2D eigenvalue weighted by molar-refractivity contribution is 14.1. The summed E-state index contributed by atoms with van der Waals surface area (Å²) in [5, 5.41) is 0. The number of anilines is 1. The first-order valence-corrected chi connectivity index (χ1v) is 7.75. The van der Waals surface area contributed by atoms with E-state index < -0.39 is 0 Å². The van der Waals surface area contributed by atoms with Gasteiger partial charge < -0.3 is 9.64 Å². The number of hydrogen-bond acceptors (Lipinski definition) is 3. The molecular formula is C17H17IN2O. The molecule has 0 fully saturated rings. The largest absolute Gasteiger partial charge is 0.477 e. The zero-order valence-corrected chi connectivity index (χ0v) is 14.5. The fraction of sp³-hybridized carbons (Fsp3) is 0.235. The van der Waals surface area contributed by atoms with Gasteiger partial charge in [-0.2, -0.15) is 0 Å². The van der Waals surface area contributed by atoms with Crippen LogP contribution in [-0.4, -0.2) is 25.7 Å². The van der Waals surface area contributed by atoms with Crippen molar-refractivity contribution < 1.29 is 4.74 Å². The zero-order valence-electron chi connectivity index (χ0n) is 12.4. The van der Waals surface area contributed by atoms with Crippen molar-refractivity contribution >= 4 is 28.3 Å². The van der Waals surface area contributed by atoms with Gasteiger partial charge in [0.05, 0.1) is 10.2 Å². The molecule has 0 unspecified atom stereocenters. The Kier molecular flexibility index (Phi) is 5.45. The molecular weight excluding hydrogens is 375 g/mol. The molecule has 2 aromatic rings. The van der Waals surface area contributed by atoms with Crippen LogP contribution in [0.2, 0.25) is 0 Å². The van der Waals surface area contributed by atoms with Gasteiger partial charge in [-0.3, -0.25) is 0 Å². The van der Waals surface area contributed by atoms with Gasteiger partial charge in [-0.15, -0.1) is 0 Å². The van der Waals surface area contributed by atoms with Crippen LogP contribution in [0.1, 0.15) is 18.1 Å². The van der Waals surface area contributed by atoms with Gasteiger partial charge in [0.2, 0.25) is 5.88 Å². The standard InChI is InChI=1S/C17H17IN2O/c1-4-21-17-16(18)11-14(12-19-17)6-5-13-7-9-15(10-8-13)20(2)3/h7-12H,4H2,1-3H3. The molecule has 2 rings (SSSR count). The molecule has 0 saturated heterocycles. The highest BCUT2D eigenvalue weighted by Gasteiger charge is 2.02. The van der Waals surface area contributed by atoms with E-state index >= 15 is 0 Å². The van der Waals surface area contributed by atoms with Gasteiger partial charge in [0.25, 0.3) is 0 Å². The molecule has 1 heterocycles. The van der Waals surface area contributed by atoms with E-state index in [2.05, 4.69) is 56.4 Å². The highest BCUT2D eigenvalue weighted by Crippen LogP contribution is 2.18. The number of ether oxygens (including phenoxy) is 1. The van der Waals surface area contributed by atoms with Crippen molar-refractivity contribution in [3.8, 4) is 17.7 Å². The van der Waals surface area contributed by atoms with E-state index in [-0.39, 0.29) is 0 Å². The van der Waals surface area contributed by atoms with E-state index in [1.807, 2.05) is 39.2 Å². The lowest BCUT2D eigenvalue weighted by molar-refractivity contribution is 0.324. The number of hydrogen-bond donors (Lipinski definition) is 0. The third-order valence-corrected chi connectivity index (χ3v) is 3.60. The van der Waals surface area contributed by atoms with Crippen molar-refractivity contribution in [1.82, 2.24) is 4.98 Å². The van der Waals surface area contributed by atoms with Crippen molar-refractivity contribution in [2.45, 2.75) is 6.92 Å². The van der Waals surface area contributed by atoms with Gasteiger partial charge in [-0.1, -0.05) is 11.8 Å². The van der Waals surface area contributed by atoms with Crippen molar-refractivity contribution in [2.75, 3.05) is 25.6 Å². The van der Waals surface area contributed by atoms with Gasteiger partial charge in [0.15, 0.2) is 0 Å². The molecule has 0 spiro atoms. The minimum absolute atomic E-state index is 0.617. The lowest BCUT2D eigenvalue weighted by Crippen LogP contribution is -2.07. The smallest absolute Gasteiger partial charge is 0.227 e. The number of rotatable bonds is 3. The minimum Gasteiger partial charge on any atom is -0.477 e. The first kappa shape index (κ1) is 15.6. The number of aromatic nitrogens is 1. The fourth-order valence-electron chi connectivity index (χ4n) is 1.72. The summed E-state index contributed by atoms with van der Waals surface area (Å²) >= 11 is 2.21. The Balaban J connectivity index is 2.17. The summed E-state index contributed by atoms with van der Waals surface area (Å²) < 4.78 is 6.39. The predicted molar refractivity (Wildman–Crippen MR) is 94.9 cm³/mol. The van der Waals surface area contributed by atoms with Crippen LogP contribution in [0.5, 0.6) is 5.88 Å². The molecule has 0 N–H and O–H groups in total. The number of pyridine rings is 1. The topological polar surface area (TPSA) is 25.4 Å². The van der Waals surface area contributed by atoms with Crippen molar-refractivity contribution in [3.05, 3.63) is 51.2 Å². The second kappa shape index (κ2) is 7.32. The summed E-state index contributed by atoms with van der Waals surface area (Å²) in [5.74, 6) is 6.95. The van der Waals surface area contributed by atoms with E-state index in [0.717, 1.165) is 20.4 Å². The summed E-state index contributed by atoms with van der Waals surface area (Å²) in [5.41, 5.74) is 3.04. The van der Waals surface area contributed by atoms with Gasteiger partial charge >= 0.3 is 0 Å². The molecule has 0 amide bonds. The lowest BCUT2D eigenvalue weighted by atomic mass is 10.2. The van der Waals surface area contributed by atoms with Crippen LogP contribution >= 0.6 is 22.6 Å². The average Bonchev–Trinajstić information content (AvgIpc) is 2.48. The molecule has 0 radical (unpaired) electrons. The molecule has 0 bridgehead atoms. The Bertz CT molecular complexity index is 669. The van der Waals surface area contributed by atoms with E-state index in [4.69, 9.17) is 4.74 Å². The molecule has 4 heteroatoms. The van der Waals surface area contributed by atoms with Gasteiger partial charge in [-0.25, -0.2) is 4.98 Å². The number of halogens is 1. The zero-order chi connectivity index (χ0) is 15.2. The Morgan fingerprint density at radius 2 is 1.81 bits per heavy atom. The van der Waals surface area contributed by atoms with Crippen LogP contribution in [0, 0.1) is 15.4 Å². The molecule has 0 aliphatic carbocycles. The third kappa shape index (κ3) is 4.36. The Morgan fingerprint density at radius 1 is 1.14 bits per heavy atom. The minimum atomic E-state index is 0.617. The monoisotopic (exact) mass is 392 g/mol. The first-order chi connectivity index (χ1) is 10.1. The van der Waals surface area contributed by atoms with Crippen LogP contribution in [0.25, 0.3) is 0 Å². The molecule has 1 aromatic heterocycles. The van der Waals surface area contributed by atoms with E-state index in [1.165, 1.54) is 0 Å². The van der Waals surface area contributed by atoms with Crippen LogP contribution in [0.15, 0.2) is 36.5 Å². The summed E-state index contributed by atoms with van der Waals surface area (Å²) in [4.78, 5) is 6.34. The first-order valence-electron chi connectivity index (χ1n) is 6.68. The quantitative estimate of drug-likeness (QED) is 0.590. The van der Waals surface area contributed by atoms with Crippen LogP contribution in [0.4, 0.5) is 5.69 Å². The SMILES string of the molecule is CCOc1ncc(C#Cc2ccc(N(C)C)cc2)cc1I. The van der Waals surface area contributed by atoms with E-state index in [9.17, 15) is 0 Å².